The number of halogens is 1. The van der Waals surface area contributed by atoms with Gasteiger partial charge in [-0.05, 0) is 49.7 Å². The molecule has 0 aliphatic rings. The lowest BCUT2D eigenvalue weighted by atomic mass is 10.1. The molecule has 132 valence electrons. The summed E-state index contributed by atoms with van der Waals surface area (Å²) in [5.41, 5.74) is 0.946. The van der Waals surface area contributed by atoms with Gasteiger partial charge in [-0.2, -0.15) is 0 Å². The number of hydrogen-bond acceptors (Lipinski definition) is 4. The first kappa shape index (κ1) is 18.8. The van der Waals surface area contributed by atoms with E-state index in [4.69, 9.17) is 21.1 Å². The molecule has 0 fully saturated rings. The van der Waals surface area contributed by atoms with Crippen molar-refractivity contribution in [1.82, 2.24) is 0 Å². The first-order valence-electron chi connectivity index (χ1n) is 8.04. The van der Waals surface area contributed by atoms with E-state index >= 15 is 0 Å². The summed E-state index contributed by atoms with van der Waals surface area (Å²) in [6.45, 7) is 3.83. The Morgan fingerprint density at radius 2 is 1.76 bits per heavy atom. The van der Waals surface area contributed by atoms with Crippen molar-refractivity contribution in [2.75, 3.05) is 11.9 Å². The minimum absolute atomic E-state index is 0.275. The molecule has 1 amide bonds. The summed E-state index contributed by atoms with van der Waals surface area (Å²) in [4.78, 5) is 24.5. The summed E-state index contributed by atoms with van der Waals surface area (Å²) in [6.07, 6.45) is -0.323. The number of carbonyl (C=O) groups is 2. The summed E-state index contributed by atoms with van der Waals surface area (Å²) in [7, 11) is 0. The van der Waals surface area contributed by atoms with E-state index in [0.717, 1.165) is 0 Å². The van der Waals surface area contributed by atoms with Crippen molar-refractivity contribution in [1.29, 1.82) is 0 Å². The van der Waals surface area contributed by atoms with E-state index in [1.165, 1.54) is 0 Å². The number of anilines is 1. The molecule has 0 heterocycles. The second kappa shape index (κ2) is 9.08. The Hall–Kier alpha value is -2.53. The highest BCUT2D eigenvalue weighted by Crippen LogP contribution is 2.22. The van der Waals surface area contributed by atoms with E-state index in [2.05, 4.69) is 5.32 Å². The van der Waals surface area contributed by atoms with Crippen molar-refractivity contribution in [3.63, 3.8) is 0 Å². The SMILES string of the molecule is CCOC(=O)C(CC)Oc1ccccc1C(=O)Nc1ccc(Cl)cc1. The number of amides is 1. The molecule has 1 N–H and O–H groups in total. The highest BCUT2D eigenvalue weighted by atomic mass is 35.5. The van der Waals surface area contributed by atoms with Crippen molar-refractivity contribution in [2.24, 2.45) is 0 Å². The number of nitrogens with one attached hydrogen (secondary N) is 1. The maximum Gasteiger partial charge on any atom is 0.347 e. The van der Waals surface area contributed by atoms with E-state index in [-0.39, 0.29) is 12.5 Å². The van der Waals surface area contributed by atoms with Crippen molar-refractivity contribution in [3.05, 3.63) is 59.1 Å². The molecule has 2 aromatic carbocycles. The fourth-order valence-electron chi connectivity index (χ4n) is 2.18. The van der Waals surface area contributed by atoms with Gasteiger partial charge < -0.3 is 14.8 Å². The van der Waals surface area contributed by atoms with Gasteiger partial charge in [-0.15, -0.1) is 0 Å². The van der Waals surface area contributed by atoms with Crippen molar-refractivity contribution in [3.8, 4) is 5.75 Å². The average Bonchev–Trinajstić information content (AvgIpc) is 2.62. The van der Waals surface area contributed by atoms with Crippen LogP contribution in [0.15, 0.2) is 48.5 Å². The average molecular weight is 362 g/mol. The molecule has 0 radical (unpaired) electrons. The molecule has 2 aromatic rings. The Bertz CT molecular complexity index is 730. The minimum atomic E-state index is -0.760. The Kier molecular flexibility index (Phi) is 6.83. The first-order chi connectivity index (χ1) is 12.0. The first-order valence-corrected chi connectivity index (χ1v) is 8.42. The van der Waals surface area contributed by atoms with E-state index in [0.29, 0.717) is 28.4 Å². The second-order valence-electron chi connectivity index (χ2n) is 5.22. The lowest BCUT2D eigenvalue weighted by molar-refractivity contribution is -0.151. The predicted molar refractivity (Wildman–Crippen MR) is 97.2 cm³/mol. The molecule has 0 aliphatic heterocycles. The van der Waals surface area contributed by atoms with Gasteiger partial charge in [-0.25, -0.2) is 4.79 Å². The Morgan fingerprint density at radius 3 is 2.40 bits per heavy atom. The number of para-hydroxylation sites is 1. The minimum Gasteiger partial charge on any atom is -0.478 e. The van der Waals surface area contributed by atoms with Crippen LogP contribution in [0.1, 0.15) is 30.6 Å². The summed E-state index contributed by atoms with van der Waals surface area (Å²) >= 11 is 5.84. The molecule has 0 aromatic heterocycles. The fraction of sp³-hybridized carbons (Fsp3) is 0.263. The smallest absolute Gasteiger partial charge is 0.347 e. The van der Waals surface area contributed by atoms with Crippen molar-refractivity contribution >= 4 is 29.2 Å². The number of hydrogen-bond donors (Lipinski definition) is 1. The fourth-order valence-corrected chi connectivity index (χ4v) is 2.30. The molecule has 2 rings (SSSR count). The predicted octanol–water partition coefficient (Wildman–Crippen LogP) is 4.31. The molecular weight excluding hydrogens is 342 g/mol. The molecule has 0 bridgehead atoms. The largest absolute Gasteiger partial charge is 0.478 e. The Morgan fingerprint density at radius 1 is 1.08 bits per heavy atom. The van der Waals surface area contributed by atoms with Crippen LogP contribution in [0.5, 0.6) is 5.75 Å². The maximum absolute atomic E-state index is 12.5. The Labute approximate surface area is 151 Å². The van der Waals surface area contributed by atoms with Gasteiger partial charge in [0.25, 0.3) is 5.91 Å². The van der Waals surface area contributed by atoms with Crippen LogP contribution in [0.25, 0.3) is 0 Å². The summed E-state index contributed by atoms with van der Waals surface area (Å²) in [5, 5.41) is 3.36. The van der Waals surface area contributed by atoms with E-state index in [1.807, 2.05) is 6.92 Å². The molecule has 0 aliphatic carbocycles. The second-order valence-corrected chi connectivity index (χ2v) is 5.66. The highest BCUT2D eigenvalue weighted by Gasteiger charge is 2.22. The monoisotopic (exact) mass is 361 g/mol. The van der Waals surface area contributed by atoms with Gasteiger partial charge in [-0.3, -0.25) is 4.79 Å². The van der Waals surface area contributed by atoms with Crippen molar-refractivity contribution in [2.45, 2.75) is 26.4 Å². The van der Waals surface area contributed by atoms with Gasteiger partial charge >= 0.3 is 5.97 Å². The number of ether oxygens (including phenoxy) is 2. The Balaban J connectivity index is 2.17. The van der Waals surface area contributed by atoms with Crippen LogP contribution in [0, 0.1) is 0 Å². The quantitative estimate of drug-likeness (QED) is 0.746. The topological polar surface area (TPSA) is 64.6 Å². The van der Waals surface area contributed by atoms with Crippen LogP contribution in [-0.4, -0.2) is 24.6 Å². The van der Waals surface area contributed by atoms with Crippen LogP contribution in [-0.2, 0) is 9.53 Å². The zero-order valence-corrected chi connectivity index (χ0v) is 14.9. The maximum atomic E-state index is 12.5. The van der Waals surface area contributed by atoms with Gasteiger partial charge in [0.05, 0.1) is 12.2 Å². The third-order valence-corrected chi connectivity index (χ3v) is 3.68. The van der Waals surface area contributed by atoms with Gasteiger partial charge in [0.2, 0.25) is 0 Å². The zero-order valence-electron chi connectivity index (χ0n) is 14.1. The molecule has 0 saturated carbocycles. The van der Waals surface area contributed by atoms with Gasteiger partial charge in [-0.1, -0.05) is 30.7 Å². The third-order valence-electron chi connectivity index (χ3n) is 3.42. The summed E-state index contributed by atoms with van der Waals surface area (Å²) in [5.74, 6) is -0.455. The van der Waals surface area contributed by atoms with Crippen LogP contribution in [0.3, 0.4) is 0 Å². The number of carbonyl (C=O) groups excluding carboxylic acids is 2. The van der Waals surface area contributed by atoms with Crippen LogP contribution >= 0.6 is 11.6 Å². The van der Waals surface area contributed by atoms with Gasteiger partial charge in [0.1, 0.15) is 5.75 Å². The highest BCUT2D eigenvalue weighted by molar-refractivity contribution is 6.30. The molecule has 0 spiro atoms. The summed E-state index contributed by atoms with van der Waals surface area (Å²) < 4.78 is 10.7. The van der Waals surface area contributed by atoms with Crippen molar-refractivity contribution < 1.29 is 19.1 Å². The molecule has 25 heavy (non-hydrogen) atoms. The molecule has 1 unspecified atom stereocenters. The van der Waals surface area contributed by atoms with Crippen LogP contribution in [0.4, 0.5) is 5.69 Å². The molecular formula is C19H20ClNO4. The molecule has 6 heteroatoms. The lowest BCUT2D eigenvalue weighted by Crippen LogP contribution is -2.29. The summed E-state index contributed by atoms with van der Waals surface area (Å²) in [6, 6.07) is 13.5. The molecule has 5 nitrogen and oxygen atoms in total. The van der Waals surface area contributed by atoms with E-state index in [9.17, 15) is 9.59 Å². The van der Waals surface area contributed by atoms with Gasteiger partial charge in [0, 0.05) is 10.7 Å². The number of rotatable bonds is 7. The molecule has 0 saturated heterocycles. The van der Waals surface area contributed by atoms with Crippen LogP contribution < -0.4 is 10.1 Å². The van der Waals surface area contributed by atoms with E-state index < -0.39 is 12.1 Å². The number of esters is 1. The number of benzene rings is 2. The van der Waals surface area contributed by atoms with Gasteiger partial charge in [0.15, 0.2) is 6.10 Å². The standard InChI is InChI=1S/C19H20ClNO4/c1-3-16(19(23)24-4-2)25-17-8-6-5-7-15(17)18(22)21-14-11-9-13(20)10-12-14/h5-12,16H,3-4H2,1-2H3,(H,21,22). The van der Waals surface area contributed by atoms with Crippen LogP contribution in [0.2, 0.25) is 5.02 Å². The zero-order chi connectivity index (χ0) is 18.2. The molecule has 1 atom stereocenters. The normalized spacial score (nSPS) is 11.5. The van der Waals surface area contributed by atoms with E-state index in [1.54, 1.807) is 55.5 Å². The third kappa shape index (κ3) is 5.22. The lowest BCUT2D eigenvalue weighted by Gasteiger charge is -2.18.